The van der Waals surface area contributed by atoms with E-state index in [0.29, 0.717) is 6.42 Å². The number of rotatable bonds is 4. The Labute approximate surface area is 138 Å². The van der Waals surface area contributed by atoms with E-state index in [1.165, 1.54) is 12.1 Å². The number of nitrogens with one attached hydrogen (secondary N) is 1. The number of hydrogen-bond acceptors (Lipinski definition) is 2. The highest BCUT2D eigenvalue weighted by atomic mass is 19.1. The second-order valence-corrected chi connectivity index (χ2v) is 6.70. The lowest BCUT2D eigenvalue weighted by atomic mass is 9.94. The Kier molecular flexibility index (Phi) is 4.43. The van der Waals surface area contributed by atoms with Gasteiger partial charge >= 0.3 is 6.09 Å². The van der Waals surface area contributed by atoms with Crippen LogP contribution in [0, 0.1) is 11.2 Å². The maximum atomic E-state index is 14.1. The Hall–Kier alpha value is -2.18. The van der Waals surface area contributed by atoms with Gasteiger partial charge in [0, 0.05) is 6.54 Å². The van der Waals surface area contributed by atoms with Crippen LogP contribution in [-0.2, 0) is 11.2 Å². The summed E-state index contributed by atoms with van der Waals surface area (Å²) in [4.78, 5) is 24.4. The molecule has 24 heavy (non-hydrogen) atoms. The van der Waals surface area contributed by atoms with E-state index in [1.54, 1.807) is 12.1 Å². The summed E-state index contributed by atoms with van der Waals surface area (Å²) in [5.41, 5.74) is 0.336. The summed E-state index contributed by atoms with van der Waals surface area (Å²) in [7, 11) is 0. The van der Waals surface area contributed by atoms with Crippen LogP contribution in [0.15, 0.2) is 24.3 Å². The average Bonchev–Trinajstić information content (AvgIpc) is 3.32. The highest BCUT2D eigenvalue weighted by molar-refractivity contribution is 5.86. The Morgan fingerprint density at radius 3 is 2.50 bits per heavy atom. The quantitative estimate of drug-likeness (QED) is 0.885. The van der Waals surface area contributed by atoms with Crippen molar-refractivity contribution < 1.29 is 23.5 Å². The van der Waals surface area contributed by atoms with E-state index in [0.717, 1.165) is 23.3 Å². The monoisotopic (exact) mass is 338 g/mol. The SMILES string of the molecule is O=C(O)N1CC[C@H](NC(=O)C2(Cc3ccc(F)cc3)CC2)[C@@H](F)C1. The lowest BCUT2D eigenvalue weighted by Crippen LogP contribution is -2.54. The van der Waals surface area contributed by atoms with Gasteiger partial charge in [-0.05, 0) is 43.4 Å². The molecule has 1 aromatic carbocycles. The minimum atomic E-state index is -1.40. The van der Waals surface area contributed by atoms with E-state index in [2.05, 4.69) is 5.32 Å². The van der Waals surface area contributed by atoms with Crippen molar-refractivity contribution in [1.82, 2.24) is 10.2 Å². The number of halogens is 2. The molecule has 2 fully saturated rings. The Morgan fingerprint density at radius 2 is 1.96 bits per heavy atom. The number of nitrogens with zero attached hydrogens (tertiary/aromatic N) is 1. The molecule has 3 rings (SSSR count). The van der Waals surface area contributed by atoms with Gasteiger partial charge in [-0.1, -0.05) is 12.1 Å². The van der Waals surface area contributed by atoms with Crippen molar-refractivity contribution in [1.29, 1.82) is 0 Å². The fourth-order valence-electron chi connectivity index (χ4n) is 3.19. The molecular formula is C17H20F2N2O3. The van der Waals surface area contributed by atoms with Gasteiger partial charge in [0.05, 0.1) is 18.0 Å². The molecule has 0 unspecified atom stereocenters. The van der Waals surface area contributed by atoms with Crippen molar-refractivity contribution in [3.63, 3.8) is 0 Å². The largest absolute Gasteiger partial charge is 0.465 e. The van der Waals surface area contributed by atoms with E-state index in [9.17, 15) is 18.4 Å². The third-order valence-corrected chi connectivity index (χ3v) is 4.92. The second kappa shape index (κ2) is 6.37. The summed E-state index contributed by atoms with van der Waals surface area (Å²) < 4.78 is 27.1. The summed E-state index contributed by atoms with van der Waals surface area (Å²) in [5, 5.41) is 11.6. The summed E-state index contributed by atoms with van der Waals surface area (Å²) in [6, 6.07) is 5.39. The van der Waals surface area contributed by atoms with E-state index < -0.39 is 23.7 Å². The molecule has 1 heterocycles. The number of benzene rings is 1. The lowest BCUT2D eigenvalue weighted by Gasteiger charge is -2.34. The van der Waals surface area contributed by atoms with Crippen LogP contribution in [0.4, 0.5) is 13.6 Å². The fraction of sp³-hybridized carbons (Fsp3) is 0.529. The minimum Gasteiger partial charge on any atom is -0.465 e. The molecule has 1 saturated carbocycles. The maximum absolute atomic E-state index is 14.1. The number of hydrogen-bond donors (Lipinski definition) is 2. The summed E-state index contributed by atoms with van der Waals surface area (Å²) in [6.07, 6.45) is -0.323. The van der Waals surface area contributed by atoms with Crippen LogP contribution in [0.3, 0.4) is 0 Å². The first-order chi connectivity index (χ1) is 11.4. The summed E-state index contributed by atoms with van der Waals surface area (Å²) >= 11 is 0. The molecular weight excluding hydrogens is 318 g/mol. The fourth-order valence-corrected chi connectivity index (χ4v) is 3.19. The first kappa shape index (κ1) is 16.7. The van der Waals surface area contributed by atoms with Crippen molar-refractivity contribution in [3.05, 3.63) is 35.6 Å². The number of carboxylic acid groups (broad SMARTS) is 1. The molecule has 2 aliphatic rings. The molecule has 0 spiro atoms. The smallest absolute Gasteiger partial charge is 0.407 e. The topological polar surface area (TPSA) is 69.6 Å². The highest BCUT2D eigenvalue weighted by Crippen LogP contribution is 2.48. The highest BCUT2D eigenvalue weighted by Gasteiger charge is 2.50. The molecule has 2 atom stereocenters. The predicted octanol–water partition coefficient (Wildman–Crippen LogP) is 2.35. The van der Waals surface area contributed by atoms with Crippen LogP contribution in [0.25, 0.3) is 0 Å². The minimum absolute atomic E-state index is 0.191. The molecule has 2 N–H and O–H groups in total. The Balaban J connectivity index is 1.58. The van der Waals surface area contributed by atoms with Crippen LogP contribution < -0.4 is 5.32 Å². The van der Waals surface area contributed by atoms with Gasteiger partial charge in [0.2, 0.25) is 5.91 Å². The standard InChI is InChI=1S/C17H20F2N2O3/c18-12-3-1-11(2-4-12)9-17(6-7-17)15(22)20-14-5-8-21(16(23)24)10-13(14)19/h1-4,13-14H,5-10H2,(H,20,22)(H,23,24)/t13-,14-/m0/s1. The van der Waals surface area contributed by atoms with E-state index in [4.69, 9.17) is 5.11 Å². The van der Waals surface area contributed by atoms with E-state index in [1.807, 2.05) is 0 Å². The number of likely N-dealkylation sites (tertiary alicyclic amines) is 1. The molecule has 2 amide bonds. The van der Waals surface area contributed by atoms with Crippen LogP contribution in [0.5, 0.6) is 0 Å². The van der Waals surface area contributed by atoms with Gasteiger partial charge in [0.25, 0.3) is 0 Å². The van der Waals surface area contributed by atoms with Crippen molar-refractivity contribution in [2.45, 2.75) is 37.9 Å². The van der Waals surface area contributed by atoms with Crippen LogP contribution >= 0.6 is 0 Å². The number of carbonyl (C=O) groups excluding carboxylic acids is 1. The maximum Gasteiger partial charge on any atom is 0.407 e. The van der Waals surface area contributed by atoms with Gasteiger partial charge in [-0.3, -0.25) is 4.79 Å². The number of alkyl halides is 1. The van der Waals surface area contributed by atoms with Crippen molar-refractivity contribution in [2.75, 3.05) is 13.1 Å². The zero-order chi connectivity index (χ0) is 17.3. The third-order valence-electron chi connectivity index (χ3n) is 4.92. The Morgan fingerprint density at radius 1 is 1.29 bits per heavy atom. The van der Waals surface area contributed by atoms with Crippen LogP contribution in [0.1, 0.15) is 24.8 Å². The average molecular weight is 338 g/mol. The molecule has 5 nitrogen and oxygen atoms in total. The molecule has 130 valence electrons. The van der Waals surface area contributed by atoms with Gasteiger partial charge in [-0.2, -0.15) is 0 Å². The normalized spacial score (nSPS) is 25.2. The van der Waals surface area contributed by atoms with Crippen LogP contribution in [0.2, 0.25) is 0 Å². The molecule has 7 heteroatoms. The lowest BCUT2D eigenvalue weighted by molar-refractivity contribution is -0.128. The number of amides is 2. The molecule has 0 aromatic heterocycles. The second-order valence-electron chi connectivity index (χ2n) is 6.70. The molecule has 1 aliphatic heterocycles. The van der Waals surface area contributed by atoms with Gasteiger partial charge in [-0.15, -0.1) is 0 Å². The molecule has 0 bridgehead atoms. The summed E-state index contributed by atoms with van der Waals surface area (Å²) in [6.45, 7) is -0.00307. The van der Waals surface area contributed by atoms with Crippen molar-refractivity contribution >= 4 is 12.0 Å². The number of carbonyl (C=O) groups is 2. The zero-order valence-corrected chi connectivity index (χ0v) is 13.2. The van der Waals surface area contributed by atoms with Gasteiger partial charge in [0.15, 0.2) is 0 Å². The molecule has 1 saturated heterocycles. The first-order valence-corrected chi connectivity index (χ1v) is 8.07. The number of piperidine rings is 1. The molecule has 0 radical (unpaired) electrons. The van der Waals surface area contributed by atoms with Crippen LogP contribution in [-0.4, -0.2) is 47.3 Å². The predicted molar refractivity (Wildman–Crippen MR) is 82.8 cm³/mol. The Bertz CT molecular complexity index is 631. The van der Waals surface area contributed by atoms with Crippen molar-refractivity contribution in [3.8, 4) is 0 Å². The third kappa shape index (κ3) is 3.49. The molecule has 1 aromatic rings. The first-order valence-electron chi connectivity index (χ1n) is 8.07. The van der Waals surface area contributed by atoms with Gasteiger partial charge < -0.3 is 15.3 Å². The van der Waals surface area contributed by atoms with Crippen molar-refractivity contribution in [2.24, 2.45) is 5.41 Å². The van der Waals surface area contributed by atoms with E-state index in [-0.39, 0.29) is 31.2 Å². The van der Waals surface area contributed by atoms with Gasteiger partial charge in [0.1, 0.15) is 12.0 Å². The summed E-state index contributed by atoms with van der Waals surface area (Å²) in [5.74, 6) is -0.512. The van der Waals surface area contributed by atoms with E-state index >= 15 is 0 Å². The molecule has 1 aliphatic carbocycles. The van der Waals surface area contributed by atoms with Gasteiger partial charge in [-0.25, -0.2) is 13.6 Å². The zero-order valence-electron chi connectivity index (χ0n) is 13.2.